The molecule has 1 aliphatic heterocycles. The van der Waals surface area contributed by atoms with E-state index in [4.69, 9.17) is 9.47 Å². The second kappa shape index (κ2) is 13.2. The predicted octanol–water partition coefficient (Wildman–Crippen LogP) is 6.37. The van der Waals surface area contributed by atoms with Crippen LogP contribution in [-0.4, -0.2) is 48.5 Å². The number of anilines is 2. The number of ether oxygens (including phenoxy) is 2. The van der Waals surface area contributed by atoms with Gasteiger partial charge in [-0.1, -0.05) is 60.4 Å². The first-order chi connectivity index (χ1) is 21.6. The number of aromatic nitrogens is 1. The molecule has 1 aliphatic rings. The molecule has 45 heavy (non-hydrogen) atoms. The van der Waals surface area contributed by atoms with Crippen LogP contribution < -0.4 is 14.5 Å². The van der Waals surface area contributed by atoms with Gasteiger partial charge in [0.2, 0.25) is 0 Å². The number of benzene rings is 3. The van der Waals surface area contributed by atoms with Crippen molar-refractivity contribution in [2.24, 2.45) is 0 Å². The summed E-state index contributed by atoms with van der Waals surface area (Å²) in [7, 11) is 3.81. The molecule has 230 valence electrons. The van der Waals surface area contributed by atoms with Gasteiger partial charge in [-0.05, 0) is 66.9 Å². The van der Waals surface area contributed by atoms with Crippen LogP contribution in [0.2, 0.25) is 0 Å². The fourth-order valence-corrected chi connectivity index (χ4v) is 5.96. The second-order valence-corrected chi connectivity index (χ2v) is 11.7. The third-order valence-electron chi connectivity index (χ3n) is 7.46. The Labute approximate surface area is 265 Å². The highest BCUT2D eigenvalue weighted by Gasteiger charge is 2.48. The molecule has 0 radical (unpaired) electrons. The van der Waals surface area contributed by atoms with Crippen LogP contribution in [0.25, 0.3) is 5.76 Å². The van der Waals surface area contributed by atoms with Gasteiger partial charge in [0.05, 0.1) is 17.3 Å². The van der Waals surface area contributed by atoms with Crippen molar-refractivity contribution < 1.29 is 29.0 Å². The largest absolute Gasteiger partial charge is 0.507 e. The molecular formula is C35H33N3O6S. The Morgan fingerprint density at radius 1 is 1.04 bits per heavy atom. The molecule has 1 fully saturated rings. The highest BCUT2D eigenvalue weighted by atomic mass is 32.1. The van der Waals surface area contributed by atoms with E-state index in [0.717, 1.165) is 28.2 Å². The van der Waals surface area contributed by atoms with E-state index in [2.05, 4.69) is 11.6 Å². The molecule has 10 heteroatoms. The number of aliphatic hydroxyl groups is 1. The fourth-order valence-electron chi connectivity index (χ4n) is 4.97. The number of amides is 1. The van der Waals surface area contributed by atoms with Crippen molar-refractivity contribution in [3.05, 3.63) is 124 Å². The minimum atomic E-state index is -0.999. The Bertz CT molecular complexity index is 1790. The van der Waals surface area contributed by atoms with Crippen LogP contribution in [0.5, 0.6) is 5.75 Å². The van der Waals surface area contributed by atoms with E-state index >= 15 is 0 Å². The molecule has 2 heterocycles. The van der Waals surface area contributed by atoms with Crippen LogP contribution in [0.4, 0.5) is 10.8 Å². The topological polar surface area (TPSA) is 109 Å². The molecule has 0 aliphatic carbocycles. The van der Waals surface area contributed by atoms with E-state index in [1.165, 1.54) is 11.0 Å². The Balaban J connectivity index is 1.53. The maximum absolute atomic E-state index is 13.6. The summed E-state index contributed by atoms with van der Waals surface area (Å²) in [6.07, 6.45) is 1.45. The average molecular weight is 624 g/mol. The third kappa shape index (κ3) is 6.37. The molecule has 1 N–H and O–H groups in total. The number of carbonyl (C=O) groups excluding carboxylic acids is 3. The van der Waals surface area contributed by atoms with Crippen LogP contribution in [-0.2, 0) is 20.9 Å². The van der Waals surface area contributed by atoms with E-state index in [-0.39, 0.29) is 27.9 Å². The van der Waals surface area contributed by atoms with Gasteiger partial charge in [0.1, 0.15) is 29.6 Å². The zero-order valence-corrected chi connectivity index (χ0v) is 26.3. The lowest BCUT2D eigenvalue weighted by Gasteiger charge is -2.23. The minimum Gasteiger partial charge on any atom is -0.507 e. The van der Waals surface area contributed by atoms with Crippen molar-refractivity contribution >= 4 is 45.6 Å². The normalized spacial score (nSPS) is 15.6. The molecule has 9 nitrogen and oxygen atoms in total. The summed E-state index contributed by atoms with van der Waals surface area (Å²) in [5.41, 5.74) is 4.28. The van der Waals surface area contributed by atoms with Crippen LogP contribution in [0, 0.1) is 13.8 Å². The van der Waals surface area contributed by atoms with Gasteiger partial charge in [-0.15, -0.1) is 0 Å². The fraction of sp³-hybridized carbons (Fsp3) is 0.200. The van der Waals surface area contributed by atoms with Crippen LogP contribution in [0.15, 0.2) is 91.0 Å². The first kappa shape index (κ1) is 31.2. The number of aliphatic hydroxyl groups excluding tert-OH is 1. The summed E-state index contributed by atoms with van der Waals surface area (Å²) in [4.78, 5) is 47.7. The first-order valence-electron chi connectivity index (χ1n) is 14.2. The maximum atomic E-state index is 13.6. The van der Waals surface area contributed by atoms with Gasteiger partial charge >= 0.3 is 11.9 Å². The van der Waals surface area contributed by atoms with Crippen molar-refractivity contribution in [2.75, 3.05) is 30.5 Å². The molecule has 0 spiro atoms. The number of rotatable bonds is 10. The summed E-state index contributed by atoms with van der Waals surface area (Å²) in [5, 5.41) is 11.7. The summed E-state index contributed by atoms with van der Waals surface area (Å²) in [6.45, 7) is 7.60. The molecule has 0 saturated carbocycles. The van der Waals surface area contributed by atoms with Crippen LogP contribution in [0.1, 0.15) is 43.7 Å². The number of ketones is 1. The van der Waals surface area contributed by atoms with Gasteiger partial charge in [0.25, 0.3) is 5.78 Å². The average Bonchev–Trinajstić information content (AvgIpc) is 3.55. The van der Waals surface area contributed by atoms with Crippen LogP contribution in [0.3, 0.4) is 0 Å². The summed E-state index contributed by atoms with van der Waals surface area (Å²) >= 11 is 0.948. The van der Waals surface area contributed by atoms with Crippen molar-refractivity contribution in [2.45, 2.75) is 26.5 Å². The zero-order chi connectivity index (χ0) is 32.2. The monoisotopic (exact) mass is 623 g/mol. The number of aryl methyl sites for hydroxylation is 2. The molecule has 5 rings (SSSR count). The standard InChI is InChI=1S/C35H33N3O6S/c1-6-19-43-34(42)32-22(3)36-35(45-32)38-29(23-11-15-26(16-12-23)37(4)5)28(31(40)33(38)41)30(39)24-13-17-27(18-14-24)44-20-25-10-8-7-9-21(25)2/h6-18,29,39H,1,19-20H2,2-5H3. The molecular weight excluding hydrogens is 590 g/mol. The van der Waals surface area contributed by atoms with Crippen LogP contribution >= 0.6 is 11.3 Å². The summed E-state index contributed by atoms with van der Waals surface area (Å²) in [5.74, 6) is -2.08. The molecule has 3 aromatic carbocycles. The Morgan fingerprint density at radius 3 is 2.38 bits per heavy atom. The Kier molecular flexibility index (Phi) is 9.15. The van der Waals surface area contributed by atoms with Crippen molar-refractivity contribution in [1.29, 1.82) is 0 Å². The molecule has 1 aromatic heterocycles. The summed E-state index contributed by atoms with van der Waals surface area (Å²) < 4.78 is 11.1. The molecule has 1 saturated heterocycles. The van der Waals surface area contributed by atoms with Gasteiger partial charge in [-0.25, -0.2) is 9.78 Å². The summed E-state index contributed by atoms with van der Waals surface area (Å²) in [6, 6.07) is 21.0. The van der Waals surface area contributed by atoms with Crippen molar-refractivity contribution in [1.82, 2.24) is 4.98 Å². The van der Waals surface area contributed by atoms with E-state index < -0.39 is 23.7 Å². The van der Waals surface area contributed by atoms with Crippen molar-refractivity contribution in [3.63, 3.8) is 0 Å². The number of nitrogens with zero attached hydrogens (tertiary/aromatic N) is 3. The van der Waals surface area contributed by atoms with Gasteiger partial charge in [-0.2, -0.15) is 0 Å². The Morgan fingerprint density at radius 2 is 1.73 bits per heavy atom. The number of hydrogen-bond donors (Lipinski definition) is 1. The van der Waals surface area contributed by atoms with E-state index in [0.29, 0.717) is 29.2 Å². The minimum absolute atomic E-state index is 0.0178. The van der Waals surface area contributed by atoms with Gasteiger partial charge in [0, 0.05) is 25.3 Å². The molecule has 1 unspecified atom stereocenters. The quantitative estimate of drug-likeness (QED) is 0.0713. The number of carbonyl (C=O) groups is 3. The predicted molar refractivity (Wildman–Crippen MR) is 175 cm³/mol. The zero-order valence-electron chi connectivity index (χ0n) is 25.4. The molecule has 1 atom stereocenters. The number of hydrogen-bond acceptors (Lipinski definition) is 9. The lowest BCUT2D eigenvalue weighted by atomic mass is 9.95. The van der Waals surface area contributed by atoms with E-state index in [9.17, 15) is 19.5 Å². The highest BCUT2D eigenvalue weighted by molar-refractivity contribution is 7.17. The molecule has 4 aromatic rings. The van der Waals surface area contributed by atoms with Gasteiger partial charge in [0.15, 0.2) is 5.13 Å². The van der Waals surface area contributed by atoms with E-state index in [1.54, 1.807) is 43.3 Å². The number of Topliss-reactive ketones (excluding diaryl/α,β-unsaturated/α-hetero) is 1. The molecule has 0 bridgehead atoms. The third-order valence-corrected chi connectivity index (χ3v) is 8.60. The van der Waals surface area contributed by atoms with Gasteiger partial charge in [-0.3, -0.25) is 14.5 Å². The Hall–Kier alpha value is -5.22. The van der Waals surface area contributed by atoms with E-state index in [1.807, 2.05) is 62.3 Å². The lowest BCUT2D eigenvalue weighted by Crippen LogP contribution is -2.29. The number of thiazole rings is 1. The highest BCUT2D eigenvalue weighted by Crippen LogP contribution is 2.44. The number of esters is 1. The van der Waals surface area contributed by atoms with Crippen molar-refractivity contribution in [3.8, 4) is 5.75 Å². The second-order valence-electron chi connectivity index (χ2n) is 10.7. The SMILES string of the molecule is C=CCOC(=O)c1sc(N2C(=O)C(=O)C(=C(O)c3ccc(OCc4ccccc4C)cc3)C2c2ccc(N(C)C)cc2)nc1C. The smallest absolute Gasteiger partial charge is 0.350 e. The van der Waals surface area contributed by atoms with Gasteiger partial charge < -0.3 is 19.5 Å². The first-order valence-corrected chi connectivity index (χ1v) is 15.0. The molecule has 1 amide bonds. The maximum Gasteiger partial charge on any atom is 0.350 e. The lowest BCUT2D eigenvalue weighted by molar-refractivity contribution is -0.132.